The lowest BCUT2D eigenvalue weighted by Gasteiger charge is -2.09. The zero-order chi connectivity index (χ0) is 15.5. The van der Waals surface area contributed by atoms with E-state index in [4.69, 9.17) is 0 Å². The Morgan fingerprint density at radius 2 is 1.50 bits per heavy atom. The Morgan fingerprint density at radius 3 is 2.09 bits per heavy atom. The minimum Gasteiger partial charge on any atom is -0.326 e. The monoisotopic (exact) mass is 294 g/mol. The summed E-state index contributed by atoms with van der Waals surface area (Å²) in [5.74, 6) is 0.130. The van der Waals surface area contributed by atoms with Crippen molar-refractivity contribution in [2.45, 2.75) is 19.8 Å². The maximum atomic E-state index is 12.2. The summed E-state index contributed by atoms with van der Waals surface area (Å²) >= 11 is 0. The maximum Gasteiger partial charge on any atom is 0.255 e. The zero-order valence-electron chi connectivity index (χ0n) is 12.4. The predicted octanol–water partition coefficient (Wildman–Crippen LogP) is 3.60. The Labute approximate surface area is 129 Å². The van der Waals surface area contributed by atoms with E-state index in [9.17, 15) is 9.59 Å². The molecule has 4 heteroatoms. The van der Waals surface area contributed by atoms with Gasteiger partial charge in [0.05, 0.1) is 0 Å². The maximum absolute atomic E-state index is 12.2. The fourth-order valence-corrected chi connectivity index (χ4v) is 2.25. The molecule has 0 heterocycles. The van der Waals surface area contributed by atoms with E-state index < -0.39 is 0 Å². The van der Waals surface area contributed by atoms with Gasteiger partial charge in [-0.15, -0.1) is 0 Å². The summed E-state index contributed by atoms with van der Waals surface area (Å²) in [4.78, 5) is 23.9. The van der Waals surface area contributed by atoms with Crippen molar-refractivity contribution >= 4 is 23.2 Å². The van der Waals surface area contributed by atoms with Crippen molar-refractivity contribution in [1.82, 2.24) is 0 Å². The van der Waals surface area contributed by atoms with Crippen molar-refractivity contribution in [1.29, 1.82) is 0 Å². The van der Waals surface area contributed by atoms with Crippen LogP contribution in [-0.2, 0) is 4.79 Å². The summed E-state index contributed by atoms with van der Waals surface area (Å²) in [5, 5.41) is 5.74. The van der Waals surface area contributed by atoms with Crippen LogP contribution in [0.3, 0.4) is 0 Å². The number of carbonyl (C=O) groups is 2. The van der Waals surface area contributed by atoms with Gasteiger partial charge in [0, 0.05) is 22.9 Å². The third kappa shape index (κ3) is 3.34. The van der Waals surface area contributed by atoms with Crippen LogP contribution in [0.15, 0.2) is 48.5 Å². The van der Waals surface area contributed by atoms with E-state index >= 15 is 0 Å². The molecule has 2 amide bonds. The SMILES string of the molecule is Cc1ccccc1C(=O)Nc1ccc(NC(=O)C2CC2)cc1. The minimum absolute atomic E-state index is 0.0803. The smallest absolute Gasteiger partial charge is 0.255 e. The molecule has 112 valence electrons. The molecule has 2 aromatic carbocycles. The van der Waals surface area contributed by atoms with Crippen LogP contribution in [0.25, 0.3) is 0 Å². The summed E-state index contributed by atoms with van der Waals surface area (Å²) < 4.78 is 0. The summed E-state index contributed by atoms with van der Waals surface area (Å²) in [6, 6.07) is 14.6. The Kier molecular flexibility index (Phi) is 3.92. The predicted molar refractivity (Wildman–Crippen MR) is 86.9 cm³/mol. The van der Waals surface area contributed by atoms with Gasteiger partial charge in [-0.2, -0.15) is 0 Å². The third-order valence-corrected chi connectivity index (χ3v) is 3.75. The molecule has 0 atom stereocenters. The van der Waals surface area contributed by atoms with Crippen LogP contribution >= 0.6 is 0 Å². The molecular weight excluding hydrogens is 276 g/mol. The van der Waals surface area contributed by atoms with Crippen LogP contribution in [-0.4, -0.2) is 11.8 Å². The van der Waals surface area contributed by atoms with Crippen molar-refractivity contribution in [2.75, 3.05) is 10.6 Å². The van der Waals surface area contributed by atoms with Gasteiger partial charge in [-0.05, 0) is 55.7 Å². The van der Waals surface area contributed by atoms with Gasteiger partial charge in [-0.25, -0.2) is 0 Å². The van der Waals surface area contributed by atoms with E-state index in [1.165, 1.54) is 0 Å². The number of hydrogen-bond acceptors (Lipinski definition) is 2. The van der Waals surface area contributed by atoms with Crippen molar-refractivity contribution in [3.05, 3.63) is 59.7 Å². The van der Waals surface area contributed by atoms with E-state index in [1.54, 1.807) is 30.3 Å². The van der Waals surface area contributed by atoms with Gasteiger partial charge in [0.15, 0.2) is 0 Å². The summed E-state index contributed by atoms with van der Waals surface area (Å²) in [5.41, 5.74) is 3.06. The average molecular weight is 294 g/mol. The van der Waals surface area contributed by atoms with Gasteiger partial charge in [0.2, 0.25) is 5.91 Å². The molecule has 0 bridgehead atoms. The number of anilines is 2. The van der Waals surface area contributed by atoms with Gasteiger partial charge in [0.25, 0.3) is 5.91 Å². The first kappa shape index (κ1) is 14.3. The minimum atomic E-state index is -0.132. The van der Waals surface area contributed by atoms with E-state index in [1.807, 2.05) is 25.1 Å². The molecule has 1 saturated carbocycles. The number of nitrogens with one attached hydrogen (secondary N) is 2. The average Bonchev–Trinajstić information content (AvgIpc) is 3.34. The molecule has 0 spiro atoms. The Bertz CT molecular complexity index is 703. The molecule has 0 aromatic heterocycles. The quantitative estimate of drug-likeness (QED) is 0.905. The summed E-state index contributed by atoms with van der Waals surface area (Å²) in [6.45, 7) is 1.91. The lowest BCUT2D eigenvalue weighted by atomic mass is 10.1. The Hall–Kier alpha value is -2.62. The largest absolute Gasteiger partial charge is 0.326 e. The highest BCUT2D eigenvalue weighted by Crippen LogP contribution is 2.30. The number of aryl methyl sites for hydroxylation is 1. The topological polar surface area (TPSA) is 58.2 Å². The molecule has 2 N–H and O–H groups in total. The molecule has 1 fully saturated rings. The number of amides is 2. The molecule has 1 aliphatic carbocycles. The first-order valence-corrected chi connectivity index (χ1v) is 7.41. The van der Waals surface area contributed by atoms with Crippen LogP contribution in [0.2, 0.25) is 0 Å². The first-order valence-electron chi connectivity index (χ1n) is 7.41. The fourth-order valence-electron chi connectivity index (χ4n) is 2.25. The highest BCUT2D eigenvalue weighted by atomic mass is 16.2. The molecule has 0 saturated heterocycles. The van der Waals surface area contributed by atoms with Crippen molar-refractivity contribution in [2.24, 2.45) is 5.92 Å². The standard InChI is InChI=1S/C18H18N2O2/c1-12-4-2-3-5-16(12)18(22)20-15-10-8-14(9-11-15)19-17(21)13-6-7-13/h2-5,8-11,13H,6-7H2,1H3,(H,19,21)(H,20,22). The lowest BCUT2D eigenvalue weighted by Crippen LogP contribution is -2.14. The van der Waals surface area contributed by atoms with E-state index in [2.05, 4.69) is 10.6 Å². The second kappa shape index (κ2) is 6.02. The van der Waals surface area contributed by atoms with E-state index in [0.717, 1.165) is 24.1 Å². The van der Waals surface area contributed by atoms with Gasteiger partial charge in [-0.3, -0.25) is 9.59 Å². The zero-order valence-corrected chi connectivity index (χ0v) is 12.4. The molecule has 4 nitrogen and oxygen atoms in total. The van der Waals surface area contributed by atoms with Crippen LogP contribution in [0.1, 0.15) is 28.8 Å². The molecule has 22 heavy (non-hydrogen) atoms. The second-order valence-electron chi connectivity index (χ2n) is 5.61. The summed E-state index contributed by atoms with van der Waals surface area (Å²) in [7, 11) is 0. The second-order valence-corrected chi connectivity index (χ2v) is 5.61. The highest BCUT2D eigenvalue weighted by Gasteiger charge is 2.29. The third-order valence-electron chi connectivity index (χ3n) is 3.75. The Balaban J connectivity index is 1.64. The van der Waals surface area contributed by atoms with Gasteiger partial charge in [0.1, 0.15) is 0 Å². The van der Waals surface area contributed by atoms with Gasteiger partial charge >= 0.3 is 0 Å². The number of hydrogen-bond donors (Lipinski definition) is 2. The van der Waals surface area contributed by atoms with Gasteiger partial charge in [-0.1, -0.05) is 18.2 Å². The fraction of sp³-hybridized carbons (Fsp3) is 0.222. The Morgan fingerprint density at radius 1 is 0.909 bits per heavy atom. The van der Waals surface area contributed by atoms with Crippen molar-refractivity contribution in [3.63, 3.8) is 0 Å². The van der Waals surface area contributed by atoms with Crippen LogP contribution in [0.5, 0.6) is 0 Å². The molecular formula is C18H18N2O2. The molecule has 0 aliphatic heterocycles. The number of rotatable bonds is 4. The molecule has 0 radical (unpaired) electrons. The van der Waals surface area contributed by atoms with Crippen LogP contribution in [0, 0.1) is 12.8 Å². The van der Waals surface area contributed by atoms with Crippen LogP contribution in [0.4, 0.5) is 11.4 Å². The number of benzene rings is 2. The molecule has 0 unspecified atom stereocenters. The molecule has 1 aliphatic rings. The molecule has 2 aromatic rings. The van der Waals surface area contributed by atoms with E-state index in [0.29, 0.717) is 11.3 Å². The van der Waals surface area contributed by atoms with Gasteiger partial charge < -0.3 is 10.6 Å². The summed E-state index contributed by atoms with van der Waals surface area (Å²) in [6.07, 6.45) is 1.97. The highest BCUT2D eigenvalue weighted by molar-refractivity contribution is 6.05. The van der Waals surface area contributed by atoms with Crippen LogP contribution < -0.4 is 10.6 Å². The van der Waals surface area contributed by atoms with Crippen molar-refractivity contribution < 1.29 is 9.59 Å². The first-order chi connectivity index (χ1) is 10.6. The normalized spacial score (nSPS) is 13.5. The van der Waals surface area contributed by atoms with E-state index in [-0.39, 0.29) is 17.7 Å². The number of carbonyl (C=O) groups excluding carboxylic acids is 2. The van der Waals surface area contributed by atoms with Crippen molar-refractivity contribution in [3.8, 4) is 0 Å². The lowest BCUT2D eigenvalue weighted by molar-refractivity contribution is -0.117. The molecule has 3 rings (SSSR count).